The molecule has 1 saturated heterocycles. The first-order chi connectivity index (χ1) is 8.50. The smallest absolute Gasteiger partial charge is 0.311 e. The third-order valence-electron chi connectivity index (χ3n) is 3.48. The molecule has 0 unspecified atom stereocenters. The third kappa shape index (κ3) is 3.22. The fourth-order valence-corrected chi connectivity index (χ4v) is 2.93. The van der Waals surface area contributed by atoms with E-state index in [0.29, 0.717) is 5.41 Å². The molecule has 0 amide bonds. The summed E-state index contributed by atoms with van der Waals surface area (Å²) in [5.41, 5.74) is 1.26. The van der Waals surface area contributed by atoms with Crippen LogP contribution in [-0.4, -0.2) is 31.2 Å². The molecular weight excluding hydrogens is 248 g/mol. The summed E-state index contributed by atoms with van der Waals surface area (Å²) in [7, 11) is 1.41. The zero-order valence-corrected chi connectivity index (χ0v) is 12.0. The molecule has 0 bridgehead atoms. The van der Waals surface area contributed by atoms with Crippen LogP contribution < -0.4 is 4.90 Å². The Kier molecular flexibility index (Phi) is 3.90. The van der Waals surface area contributed by atoms with Crippen LogP contribution in [0.2, 0.25) is 0 Å². The minimum atomic E-state index is -0.230. The number of aromatic nitrogens is 1. The number of carbonyl (C=O) groups is 1. The van der Waals surface area contributed by atoms with Crippen LogP contribution in [0, 0.1) is 5.41 Å². The van der Waals surface area contributed by atoms with Crippen molar-refractivity contribution in [3.63, 3.8) is 0 Å². The van der Waals surface area contributed by atoms with Crippen LogP contribution in [0.25, 0.3) is 0 Å². The molecule has 100 valence electrons. The fraction of sp³-hybridized carbons (Fsp3) is 0.692. The molecule has 0 atom stereocenters. The summed E-state index contributed by atoms with van der Waals surface area (Å²) in [6, 6.07) is 0. The number of methoxy groups -OCH3 is 1. The SMILES string of the molecule is COC(=O)Cc1csc(N2CCC(C)(C)CC2)n1. The molecule has 1 aliphatic heterocycles. The summed E-state index contributed by atoms with van der Waals surface area (Å²) < 4.78 is 4.65. The average molecular weight is 268 g/mol. The Morgan fingerprint density at radius 1 is 1.50 bits per heavy atom. The maximum atomic E-state index is 11.2. The van der Waals surface area contributed by atoms with Gasteiger partial charge in [-0.2, -0.15) is 0 Å². The predicted octanol–water partition coefficient (Wildman–Crippen LogP) is 2.49. The first kappa shape index (κ1) is 13.3. The number of carbonyl (C=O) groups excluding carboxylic acids is 1. The van der Waals surface area contributed by atoms with E-state index in [-0.39, 0.29) is 12.4 Å². The molecule has 0 aromatic carbocycles. The predicted molar refractivity (Wildman–Crippen MR) is 73.1 cm³/mol. The number of piperidine rings is 1. The van der Waals surface area contributed by atoms with Gasteiger partial charge in [0.05, 0.1) is 19.2 Å². The number of ether oxygens (including phenoxy) is 1. The number of thiazole rings is 1. The largest absolute Gasteiger partial charge is 0.469 e. The quantitative estimate of drug-likeness (QED) is 0.790. The summed E-state index contributed by atoms with van der Waals surface area (Å²) in [5, 5.41) is 2.98. The average Bonchev–Trinajstić information content (AvgIpc) is 2.77. The lowest BCUT2D eigenvalue weighted by atomic mass is 9.83. The normalized spacial score (nSPS) is 18.7. The van der Waals surface area contributed by atoms with E-state index in [0.717, 1.165) is 23.9 Å². The van der Waals surface area contributed by atoms with Crippen molar-refractivity contribution >= 4 is 22.4 Å². The van der Waals surface area contributed by atoms with E-state index >= 15 is 0 Å². The number of nitrogens with zero attached hydrogens (tertiary/aromatic N) is 2. The van der Waals surface area contributed by atoms with Crippen LogP contribution in [0.5, 0.6) is 0 Å². The molecule has 0 radical (unpaired) electrons. The van der Waals surface area contributed by atoms with E-state index in [1.165, 1.54) is 20.0 Å². The van der Waals surface area contributed by atoms with Gasteiger partial charge in [0.2, 0.25) is 0 Å². The van der Waals surface area contributed by atoms with Gasteiger partial charge in [0.15, 0.2) is 5.13 Å². The van der Waals surface area contributed by atoms with Crippen LogP contribution in [-0.2, 0) is 16.0 Å². The lowest BCUT2D eigenvalue weighted by Gasteiger charge is -2.36. The van der Waals surface area contributed by atoms with Gasteiger partial charge in [-0.05, 0) is 18.3 Å². The van der Waals surface area contributed by atoms with E-state index in [1.54, 1.807) is 11.3 Å². The van der Waals surface area contributed by atoms with Crippen molar-refractivity contribution < 1.29 is 9.53 Å². The number of rotatable bonds is 3. The molecule has 4 nitrogen and oxygen atoms in total. The maximum absolute atomic E-state index is 11.2. The minimum absolute atomic E-state index is 0.230. The Hall–Kier alpha value is -1.10. The second kappa shape index (κ2) is 5.26. The summed E-state index contributed by atoms with van der Waals surface area (Å²) in [4.78, 5) is 18.0. The first-order valence-electron chi connectivity index (χ1n) is 6.26. The van der Waals surface area contributed by atoms with Crippen molar-refractivity contribution in [3.05, 3.63) is 11.1 Å². The molecule has 5 heteroatoms. The van der Waals surface area contributed by atoms with Crippen molar-refractivity contribution in [3.8, 4) is 0 Å². The maximum Gasteiger partial charge on any atom is 0.311 e. The molecule has 0 N–H and O–H groups in total. The van der Waals surface area contributed by atoms with E-state index in [4.69, 9.17) is 0 Å². The lowest BCUT2D eigenvalue weighted by molar-refractivity contribution is -0.139. The molecule has 2 rings (SSSR count). The van der Waals surface area contributed by atoms with Crippen molar-refractivity contribution in [1.29, 1.82) is 0 Å². The highest BCUT2D eigenvalue weighted by molar-refractivity contribution is 7.13. The number of hydrogen-bond acceptors (Lipinski definition) is 5. The molecule has 18 heavy (non-hydrogen) atoms. The van der Waals surface area contributed by atoms with Crippen LogP contribution in [0.3, 0.4) is 0 Å². The lowest BCUT2D eigenvalue weighted by Crippen LogP contribution is -2.37. The molecule has 1 aliphatic rings. The van der Waals surface area contributed by atoms with Gasteiger partial charge in [-0.1, -0.05) is 13.8 Å². The minimum Gasteiger partial charge on any atom is -0.469 e. The molecule has 0 saturated carbocycles. The van der Waals surface area contributed by atoms with Crippen LogP contribution in [0.1, 0.15) is 32.4 Å². The van der Waals surface area contributed by atoms with Crippen molar-refractivity contribution in [2.45, 2.75) is 33.1 Å². The molecular formula is C13H20N2O2S. The highest BCUT2D eigenvalue weighted by Gasteiger charge is 2.26. The molecule has 0 spiro atoms. The van der Waals surface area contributed by atoms with Crippen LogP contribution >= 0.6 is 11.3 Å². The third-order valence-corrected chi connectivity index (χ3v) is 4.43. The molecule has 2 heterocycles. The first-order valence-corrected chi connectivity index (χ1v) is 7.14. The van der Waals surface area contributed by atoms with Gasteiger partial charge in [-0.15, -0.1) is 11.3 Å². The number of esters is 1. The summed E-state index contributed by atoms with van der Waals surface area (Å²) in [6.07, 6.45) is 2.66. The number of hydrogen-bond donors (Lipinski definition) is 0. The second-order valence-electron chi connectivity index (χ2n) is 5.53. The Labute approximate surface area is 112 Å². The van der Waals surface area contributed by atoms with Gasteiger partial charge in [-0.25, -0.2) is 4.98 Å². The van der Waals surface area contributed by atoms with Gasteiger partial charge in [0.1, 0.15) is 0 Å². The van der Waals surface area contributed by atoms with E-state index < -0.39 is 0 Å². The second-order valence-corrected chi connectivity index (χ2v) is 6.36. The van der Waals surface area contributed by atoms with Gasteiger partial charge < -0.3 is 9.64 Å². The number of anilines is 1. The highest BCUT2D eigenvalue weighted by Crippen LogP contribution is 2.33. The molecule has 0 aliphatic carbocycles. The molecule has 1 aromatic rings. The monoisotopic (exact) mass is 268 g/mol. The van der Waals surface area contributed by atoms with E-state index in [2.05, 4.69) is 28.5 Å². The van der Waals surface area contributed by atoms with Crippen molar-refractivity contribution in [2.75, 3.05) is 25.1 Å². The zero-order valence-electron chi connectivity index (χ0n) is 11.2. The van der Waals surface area contributed by atoms with Gasteiger partial charge in [0.25, 0.3) is 0 Å². The van der Waals surface area contributed by atoms with E-state index in [1.807, 2.05) is 5.38 Å². The van der Waals surface area contributed by atoms with Crippen LogP contribution in [0.4, 0.5) is 5.13 Å². The summed E-state index contributed by atoms with van der Waals surface area (Å²) in [6.45, 7) is 6.74. The standard InChI is InChI=1S/C13H20N2O2S/c1-13(2)4-6-15(7-5-13)12-14-10(9-18-12)8-11(16)17-3/h9H,4-8H2,1-3H3. The van der Waals surface area contributed by atoms with Gasteiger partial charge >= 0.3 is 5.97 Å². The van der Waals surface area contributed by atoms with Gasteiger partial charge in [0, 0.05) is 18.5 Å². The summed E-state index contributed by atoms with van der Waals surface area (Å²) >= 11 is 1.62. The van der Waals surface area contributed by atoms with Crippen LogP contribution in [0.15, 0.2) is 5.38 Å². The Morgan fingerprint density at radius 2 is 2.17 bits per heavy atom. The highest BCUT2D eigenvalue weighted by atomic mass is 32.1. The Balaban J connectivity index is 1.96. The van der Waals surface area contributed by atoms with Crippen molar-refractivity contribution in [2.24, 2.45) is 5.41 Å². The molecule has 1 aromatic heterocycles. The fourth-order valence-electron chi connectivity index (χ4n) is 2.05. The Bertz CT molecular complexity index is 418. The van der Waals surface area contributed by atoms with Gasteiger partial charge in [-0.3, -0.25) is 4.79 Å². The zero-order chi connectivity index (χ0) is 13.2. The Morgan fingerprint density at radius 3 is 2.78 bits per heavy atom. The molecule has 1 fully saturated rings. The van der Waals surface area contributed by atoms with Crippen molar-refractivity contribution in [1.82, 2.24) is 4.98 Å². The topological polar surface area (TPSA) is 42.4 Å². The van der Waals surface area contributed by atoms with E-state index in [9.17, 15) is 4.79 Å². The summed E-state index contributed by atoms with van der Waals surface area (Å²) in [5.74, 6) is -0.230.